The largest absolute Gasteiger partial charge is 2.00 e. The molecule has 0 unspecified atom stereocenters. The molecule has 0 amide bonds. The van der Waals surface area contributed by atoms with Gasteiger partial charge >= 0.3 is 33.0 Å². The van der Waals surface area contributed by atoms with Crippen LogP contribution in [0.4, 0.5) is 0 Å². The van der Waals surface area contributed by atoms with E-state index in [2.05, 4.69) is 0 Å². The zero-order chi connectivity index (χ0) is 16.6. The standard InChI is InChI=1S/C8H16N2.C8H12O4.Pt/c9-6-8(7-10)4-2-1-3-5-8;9-6(10)8(7(11)12)4-2-1-3-5-8;/h9-10H,1-7H2;1-5H2,(H,9,10)(H,11,12);/q-2;;+2. The van der Waals surface area contributed by atoms with Crippen LogP contribution in [0.15, 0.2) is 0 Å². The van der Waals surface area contributed by atoms with Gasteiger partial charge in [0.05, 0.1) is 0 Å². The van der Waals surface area contributed by atoms with Gasteiger partial charge in [-0.2, -0.15) is 0 Å². The Morgan fingerprint density at radius 3 is 1.30 bits per heavy atom. The Balaban J connectivity index is 0.000000409. The predicted molar refractivity (Wildman–Crippen MR) is 84.7 cm³/mol. The third-order valence-corrected chi connectivity index (χ3v) is 5.19. The molecule has 4 N–H and O–H groups in total. The van der Waals surface area contributed by atoms with Gasteiger partial charge in [-0.25, -0.2) is 0 Å². The summed E-state index contributed by atoms with van der Waals surface area (Å²) in [6, 6.07) is 0. The van der Waals surface area contributed by atoms with E-state index >= 15 is 0 Å². The van der Waals surface area contributed by atoms with Crippen molar-refractivity contribution in [2.24, 2.45) is 10.8 Å². The number of hydrogen-bond donors (Lipinski definition) is 2. The van der Waals surface area contributed by atoms with Crippen LogP contribution in [0.5, 0.6) is 0 Å². The Kier molecular flexibility index (Phi) is 10.2. The molecule has 2 aliphatic rings. The monoisotopic (exact) mass is 507 g/mol. The molecule has 0 aliphatic heterocycles. The summed E-state index contributed by atoms with van der Waals surface area (Å²) in [7, 11) is 0. The normalized spacial score (nSPS) is 22.0. The van der Waals surface area contributed by atoms with Crippen molar-refractivity contribution in [3.05, 3.63) is 11.5 Å². The Morgan fingerprint density at radius 2 is 1.09 bits per heavy atom. The van der Waals surface area contributed by atoms with Crippen LogP contribution in [0, 0.1) is 10.8 Å². The number of aliphatic carboxylic acids is 2. The van der Waals surface area contributed by atoms with Crippen molar-refractivity contribution in [2.75, 3.05) is 13.1 Å². The van der Waals surface area contributed by atoms with E-state index in [4.69, 9.17) is 21.7 Å². The third kappa shape index (κ3) is 5.84. The summed E-state index contributed by atoms with van der Waals surface area (Å²) in [6.07, 6.45) is 8.98. The van der Waals surface area contributed by atoms with E-state index in [0.29, 0.717) is 25.9 Å². The van der Waals surface area contributed by atoms with Crippen molar-refractivity contribution in [3.63, 3.8) is 0 Å². The Labute approximate surface area is 152 Å². The second-order valence-corrected chi connectivity index (χ2v) is 6.67. The smallest absolute Gasteiger partial charge is 0.677 e. The number of nitrogens with one attached hydrogen (secondary N) is 2. The molecule has 6 nitrogen and oxygen atoms in total. The maximum Gasteiger partial charge on any atom is 2.00 e. The predicted octanol–water partition coefficient (Wildman–Crippen LogP) is 4.14. The first-order valence-corrected chi connectivity index (χ1v) is 8.18. The molecule has 0 aromatic rings. The molecule has 0 saturated heterocycles. The van der Waals surface area contributed by atoms with Gasteiger partial charge < -0.3 is 21.7 Å². The van der Waals surface area contributed by atoms with Crippen molar-refractivity contribution < 1.29 is 40.9 Å². The van der Waals surface area contributed by atoms with Crippen LogP contribution in [0.3, 0.4) is 0 Å². The van der Waals surface area contributed by atoms with Crippen molar-refractivity contribution in [3.8, 4) is 0 Å². The fourth-order valence-corrected chi connectivity index (χ4v) is 3.39. The summed E-state index contributed by atoms with van der Waals surface area (Å²) >= 11 is 0. The molecule has 0 aromatic carbocycles. The summed E-state index contributed by atoms with van der Waals surface area (Å²) in [6.45, 7) is 0.938. The van der Waals surface area contributed by atoms with Gasteiger partial charge in [0.2, 0.25) is 0 Å². The average Bonchev–Trinajstić information content (AvgIpc) is 2.56. The van der Waals surface area contributed by atoms with Crippen LogP contribution >= 0.6 is 0 Å². The van der Waals surface area contributed by atoms with Gasteiger partial charge in [0.25, 0.3) is 0 Å². The van der Waals surface area contributed by atoms with E-state index in [0.717, 1.165) is 19.3 Å². The van der Waals surface area contributed by atoms with Crippen molar-refractivity contribution in [1.29, 1.82) is 0 Å². The third-order valence-electron chi connectivity index (χ3n) is 5.19. The van der Waals surface area contributed by atoms with Gasteiger partial charge in [-0.3, -0.25) is 9.59 Å². The molecule has 0 radical (unpaired) electrons. The number of carboxylic acids is 2. The van der Waals surface area contributed by atoms with Crippen molar-refractivity contribution >= 4 is 11.9 Å². The number of carbonyl (C=O) groups is 2. The second-order valence-electron chi connectivity index (χ2n) is 6.67. The zero-order valence-electron chi connectivity index (χ0n) is 13.5. The maximum absolute atomic E-state index is 10.7. The minimum absolute atomic E-state index is 0. The minimum Gasteiger partial charge on any atom is -0.677 e. The average molecular weight is 507 g/mol. The molecule has 23 heavy (non-hydrogen) atoms. The van der Waals surface area contributed by atoms with Crippen LogP contribution in [-0.2, 0) is 30.7 Å². The first-order valence-electron chi connectivity index (χ1n) is 8.18. The molecule has 0 atom stereocenters. The van der Waals surface area contributed by atoms with E-state index in [-0.39, 0.29) is 39.3 Å². The number of rotatable bonds is 4. The molecule has 2 aliphatic carbocycles. The van der Waals surface area contributed by atoms with Crippen LogP contribution in [0.25, 0.3) is 11.5 Å². The molecule has 2 saturated carbocycles. The summed E-state index contributed by atoms with van der Waals surface area (Å²) in [5.41, 5.74) is 13.3. The van der Waals surface area contributed by atoms with Crippen LogP contribution in [0.1, 0.15) is 64.2 Å². The zero-order valence-corrected chi connectivity index (χ0v) is 15.8. The SMILES string of the molecule is O=C(O)C1(C(=O)O)CCCCC1.[NH-]CC1(C[NH-])CCCCC1.[Pt+2]. The van der Waals surface area contributed by atoms with Crippen LogP contribution < -0.4 is 0 Å². The number of hydrogen-bond acceptors (Lipinski definition) is 2. The van der Waals surface area contributed by atoms with E-state index in [9.17, 15) is 9.59 Å². The Hall–Kier alpha value is -0.452. The van der Waals surface area contributed by atoms with Crippen LogP contribution in [0.2, 0.25) is 0 Å². The molecule has 0 heterocycles. The van der Waals surface area contributed by atoms with Crippen molar-refractivity contribution in [1.82, 2.24) is 0 Å². The summed E-state index contributed by atoms with van der Waals surface area (Å²) < 4.78 is 0. The van der Waals surface area contributed by atoms with Crippen molar-refractivity contribution in [2.45, 2.75) is 64.2 Å². The fourth-order valence-electron chi connectivity index (χ4n) is 3.39. The summed E-state index contributed by atoms with van der Waals surface area (Å²) in [4.78, 5) is 21.5. The number of carboxylic acid groups (broad SMARTS) is 2. The van der Waals surface area contributed by atoms with Gasteiger partial charge in [-0.05, 0) is 12.8 Å². The molecule has 0 bridgehead atoms. The molecule has 2 fully saturated rings. The van der Waals surface area contributed by atoms with E-state index in [1.165, 1.54) is 19.3 Å². The van der Waals surface area contributed by atoms with Gasteiger partial charge in [0.1, 0.15) is 0 Å². The first-order chi connectivity index (χ1) is 10.4. The molecule has 0 spiro atoms. The molecule has 0 aromatic heterocycles. The van der Waals surface area contributed by atoms with Gasteiger partial charge in [0.15, 0.2) is 5.41 Å². The molecular formula is C16H28N2O4Pt. The second kappa shape index (κ2) is 10.4. The molecule has 7 heteroatoms. The summed E-state index contributed by atoms with van der Waals surface area (Å²) in [5, 5.41) is 17.6. The fraction of sp³-hybridized carbons (Fsp3) is 0.875. The quantitative estimate of drug-likeness (QED) is 0.555. The van der Waals surface area contributed by atoms with Gasteiger partial charge in [-0.15, -0.1) is 13.1 Å². The maximum atomic E-state index is 10.7. The Bertz CT molecular complexity index is 356. The summed E-state index contributed by atoms with van der Waals surface area (Å²) in [5.74, 6) is -2.37. The van der Waals surface area contributed by atoms with Crippen LogP contribution in [-0.4, -0.2) is 35.2 Å². The minimum atomic E-state index is -1.49. The first kappa shape index (κ1) is 22.5. The van der Waals surface area contributed by atoms with E-state index in [1.54, 1.807) is 0 Å². The molecule has 2 rings (SSSR count). The Morgan fingerprint density at radius 1 is 0.739 bits per heavy atom. The molecule has 136 valence electrons. The molecular weight excluding hydrogens is 479 g/mol. The van der Waals surface area contributed by atoms with Gasteiger partial charge in [-0.1, -0.05) is 56.8 Å². The topological polar surface area (TPSA) is 122 Å². The van der Waals surface area contributed by atoms with Gasteiger partial charge in [0, 0.05) is 0 Å². The van der Waals surface area contributed by atoms with E-state index < -0.39 is 17.4 Å². The van der Waals surface area contributed by atoms with E-state index in [1.807, 2.05) is 0 Å².